The molecule has 3 amide bonds. The first kappa shape index (κ1) is 41.1. The number of esters is 1. The van der Waals surface area contributed by atoms with Crippen LogP contribution < -0.4 is 15.0 Å². The van der Waals surface area contributed by atoms with E-state index in [0.29, 0.717) is 35.0 Å². The summed E-state index contributed by atoms with van der Waals surface area (Å²) >= 11 is 10.5. The van der Waals surface area contributed by atoms with Gasteiger partial charge in [-0.15, -0.1) is 0 Å². The number of epoxide rings is 1. The number of benzene rings is 1. The van der Waals surface area contributed by atoms with E-state index in [1.165, 1.54) is 24.0 Å². The van der Waals surface area contributed by atoms with E-state index in [2.05, 4.69) is 17.9 Å². The van der Waals surface area contributed by atoms with Crippen molar-refractivity contribution in [1.29, 1.82) is 0 Å². The van der Waals surface area contributed by atoms with Gasteiger partial charge in [-0.2, -0.15) is 12.6 Å². The smallest absolute Gasteiger partial charge is 0.409 e. The Morgan fingerprint density at radius 1 is 1.24 bits per heavy atom. The second-order valence-electron chi connectivity index (χ2n) is 13.1. The molecule has 8 atom stereocenters. The lowest BCUT2D eigenvalue weighted by Crippen LogP contribution is -2.63. The molecule has 278 valence electrons. The Morgan fingerprint density at radius 3 is 2.52 bits per heavy atom. The van der Waals surface area contributed by atoms with Gasteiger partial charge < -0.3 is 38.6 Å². The zero-order valence-corrected chi connectivity index (χ0v) is 31.7. The van der Waals surface area contributed by atoms with Crippen molar-refractivity contribution in [3.05, 3.63) is 46.5 Å². The van der Waals surface area contributed by atoms with Crippen LogP contribution >= 0.6 is 24.2 Å². The first-order valence-electron chi connectivity index (χ1n) is 16.3. The quantitative estimate of drug-likeness (QED) is 0.0700. The SMILES string of the molecule is COc1cc(C/C(C)=C/C=C/C(OC)C2(O)CC(C(C)C3OC3(C)C(C)OC(=O)C(C)N(C)C(=O)CCS)OC(=O)N2)cc(N(C)C=O)c1Cl. The van der Waals surface area contributed by atoms with Crippen molar-refractivity contribution in [2.75, 3.05) is 39.0 Å². The summed E-state index contributed by atoms with van der Waals surface area (Å²) in [6.07, 6.45) is 2.96. The molecule has 0 spiro atoms. The van der Waals surface area contributed by atoms with E-state index in [9.17, 15) is 24.3 Å². The van der Waals surface area contributed by atoms with E-state index in [0.717, 1.165) is 11.1 Å². The topological polar surface area (TPSA) is 156 Å². The average Bonchev–Trinajstić information content (AvgIpc) is 3.77. The molecular formula is C35H50ClN3O10S. The number of nitrogens with one attached hydrogen (secondary N) is 1. The van der Waals surface area contributed by atoms with E-state index in [1.807, 2.05) is 26.0 Å². The molecule has 13 nitrogen and oxygen atoms in total. The average molecular weight is 740 g/mol. The largest absolute Gasteiger partial charge is 0.495 e. The molecule has 1 aromatic carbocycles. The third kappa shape index (κ3) is 9.52. The summed E-state index contributed by atoms with van der Waals surface area (Å²) in [5, 5.41) is 14.5. The van der Waals surface area contributed by atoms with E-state index in [-0.39, 0.29) is 24.7 Å². The molecule has 2 heterocycles. The number of alkyl carbamates (subject to hydrolysis) is 1. The van der Waals surface area contributed by atoms with E-state index in [1.54, 1.807) is 53.1 Å². The molecular weight excluding hydrogens is 690 g/mol. The molecule has 2 aliphatic heterocycles. The molecule has 0 bridgehead atoms. The van der Waals surface area contributed by atoms with Crippen LogP contribution in [0.25, 0.3) is 0 Å². The van der Waals surface area contributed by atoms with Crippen molar-refractivity contribution >= 4 is 54.3 Å². The van der Waals surface area contributed by atoms with Crippen molar-refractivity contribution in [3.8, 4) is 5.75 Å². The lowest BCUT2D eigenvalue weighted by Gasteiger charge is -2.42. The standard InChI is InChI=1S/C35H50ClN3O10S/c1-20(15-24-16-25(38(6)19-40)30(36)26(17-24)45-8)11-10-12-28(46-9)35(44)18-27(48-33(43)37-35)21(2)31-34(5,49-31)23(4)47-32(42)22(3)39(7)29(41)13-14-50/h10-12,16-17,19,21-23,27-28,31,44,50H,13-15,18H2,1-9H3,(H,37,43)/b12-10+,20-11+. The molecule has 2 saturated heterocycles. The molecule has 2 fully saturated rings. The number of carbonyl (C=O) groups excluding carboxylic acids is 4. The second-order valence-corrected chi connectivity index (χ2v) is 13.9. The molecule has 0 aromatic heterocycles. The summed E-state index contributed by atoms with van der Waals surface area (Å²) in [4.78, 5) is 51.9. The van der Waals surface area contributed by atoms with E-state index < -0.39 is 53.8 Å². The lowest BCUT2D eigenvalue weighted by atomic mass is 9.84. The summed E-state index contributed by atoms with van der Waals surface area (Å²) in [7, 11) is 6.08. The normalized spacial score (nSPS) is 25.8. The van der Waals surface area contributed by atoms with E-state index >= 15 is 0 Å². The number of aliphatic hydroxyl groups is 1. The van der Waals surface area contributed by atoms with Crippen molar-refractivity contribution < 1.29 is 48.0 Å². The number of anilines is 1. The number of cyclic esters (lactones) is 1. The summed E-state index contributed by atoms with van der Waals surface area (Å²) < 4.78 is 28.3. The Kier molecular flexibility index (Phi) is 14.2. The summed E-state index contributed by atoms with van der Waals surface area (Å²) in [5.74, 6) is -0.364. The Labute approximate surface area is 304 Å². The van der Waals surface area contributed by atoms with Gasteiger partial charge in [0.25, 0.3) is 0 Å². The van der Waals surface area contributed by atoms with Crippen LogP contribution in [0.4, 0.5) is 10.5 Å². The molecule has 2 aliphatic rings. The number of rotatable bonds is 17. The molecule has 0 radical (unpaired) electrons. The van der Waals surface area contributed by atoms with Crippen LogP contribution in [0.5, 0.6) is 5.75 Å². The molecule has 8 unspecified atom stereocenters. The van der Waals surface area contributed by atoms with Crippen LogP contribution in [-0.4, -0.2) is 110 Å². The molecule has 50 heavy (non-hydrogen) atoms. The van der Waals surface area contributed by atoms with Gasteiger partial charge >= 0.3 is 12.1 Å². The summed E-state index contributed by atoms with van der Waals surface area (Å²) in [6.45, 7) is 8.88. The van der Waals surface area contributed by atoms with Crippen LogP contribution in [0.2, 0.25) is 5.02 Å². The highest BCUT2D eigenvalue weighted by molar-refractivity contribution is 7.80. The summed E-state index contributed by atoms with van der Waals surface area (Å²) in [6, 6.07) is 2.82. The zero-order chi connectivity index (χ0) is 37.6. The number of nitrogens with zero attached hydrogens (tertiary/aromatic N) is 2. The maximum atomic E-state index is 12.9. The Balaban J connectivity index is 1.67. The fourth-order valence-electron chi connectivity index (χ4n) is 5.99. The van der Waals surface area contributed by atoms with Gasteiger partial charge in [-0.3, -0.25) is 14.9 Å². The predicted octanol–water partition coefficient (Wildman–Crippen LogP) is 4.08. The molecule has 15 heteroatoms. The molecule has 3 rings (SSSR count). The van der Waals surface area contributed by atoms with Gasteiger partial charge in [-0.25, -0.2) is 9.59 Å². The number of amides is 3. The van der Waals surface area contributed by atoms with E-state index in [4.69, 9.17) is 35.3 Å². The number of hydrogen-bond donors (Lipinski definition) is 3. The molecule has 1 aromatic rings. The third-order valence-corrected chi connectivity index (χ3v) is 10.1. The fraction of sp³-hybridized carbons (Fsp3) is 0.600. The number of likely N-dealkylation sites (N-methyl/N-ethyl adjacent to an activating group) is 1. The summed E-state index contributed by atoms with van der Waals surface area (Å²) in [5.41, 5.74) is -0.351. The number of allylic oxidation sites excluding steroid dienone is 3. The first-order valence-corrected chi connectivity index (χ1v) is 17.3. The van der Waals surface area contributed by atoms with Crippen LogP contribution in [0.1, 0.15) is 53.0 Å². The highest BCUT2D eigenvalue weighted by atomic mass is 35.5. The van der Waals surface area contributed by atoms with Gasteiger partial charge in [-0.05, 0) is 57.6 Å². The van der Waals surface area contributed by atoms with Crippen LogP contribution in [0.15, 0.2) is 35.9 Å². The van der Waals surface area contributed by atoms with Gasteiger partial charge in [0.1, 0.15) is 40.7 Å². The minimum absolute atomic E-state index is 0.0117. The Bertz CT molecular complexity index is 1480. The number of thiol groups is 1. The number of hydrogen-bond acceptors (Lipinski definition) is 11. The van der Waals surface area contributed by atoms with Gasteiger partial charge in [-0.1, -0.05) is 42.3 Å². The molecule has 0 saturated carbocycles. The van der Waals surface area contributed by atoms with Crippen molar-refractivity contribution in [3.63, 3.8) is 0 Å². The molecule has 0 aliphatic carbocycles. The van der Waals surface area contributed by atoms with Crippen LogP contribution in [0.3, 0.4) is 0 Å². The van der Waals surface area contributed by atoms with Crippen LogP contribution in [-0.2, 0) is 39.8 Å². The number of halogens is 1. The van der Waals surface area contributed by atoms with Crippen molar-refractivity contribution in [1.82, 2.24) is 10.2 Å². The van der Waals surface area contributed by atoms with Gasteiger partial charge in [0.15, 0.2) is 5.72 Å². The maximum Gasteiger partial charge on any atom is 0.409 e. The minimum atomic E-state index is -1.80. The first-order chi connectivity index (χ1) is 23.5. The van der Waals surface area contributed by atoms with Gasteiger partial charge in [0.05, 0.1) is 18.9 Å². The van der Waals surface area contributed by atoms with Crippen LogP contribution in [0, 0.1) is 5.92 Å². The third-order valence-electron chi connectivity index (χ3n) is 9.50. The maximum absolute atomic E-state index is 12.9. The number of carbonyl (C=O) groups is 4. The second kappa shape index (κ2) is 17.3. The van der Waals surface area contributed by atoms with Crippen molar-refractivity contribution in [2.24, 2.45) is 5.92 Å². The van der Waals surface area contributed by atoms with Gasteiger partial charge in [0, 0.05) is 40.0 Å². The fourth-order valence-corrected chi connectivity index (χ4v) is 6.50. The monoisotopic (exact) mass is 739 g/mol. The minimum Gasteiger partial charge on any atom is -0.495 e. The Morgan fingerprint density at radius 2 is 1.92 bits per heavy atom. The highest BCUT2D eigenvalue weighted by Crippen LogP contribution is 2.48. The van der Waals surface area contributed by atoms with Crippen molar-refractivity contribution in [2.45, 2.75) is 95.7 Å². The number of methoxy groups -OCH3 is 2. The molecule has 2 N–H and O–H groups in total. The van der Waals surface area contributed by atoms with Gasteiger partial charge in [0.2, 0.25) is 12.3 Å². The predicted molar refractivity (Wildman–Crippen MR) is 192 cm³/mol. The number of ether oxygens (including phenoxy) is 5. The highest BCUT2D eigenvalue weighted by Gasteiger charge is 2.63. The zero-order valence-electron chi connectivity index (χ0n) is 30.1. The Hall–Kier alpha value is -3.30. The lowest BCUT2D eigenvalue weighted by molar-refractivity contribution is -0.159.